The standard InChI is InChI=1S/C26H30N2O5/c1-3-4-13-22(23(29)28-15-26(2,16-28)24(30)31)27-25(32)33-14-21-19-11-7-5-9-17(19)18-10-6-8-12-20(18)21/h5-12,21-22H,3-4,13-16H2,1-2H3,(H,27,32)(H,30,31)/t22-/m0/s1. The van der Waals surface area contributed by atoms with Gasteiger partial charge in [0, 0.05) is 19.0 Å². The van der Waals surface area contributed by atoms with Gasteiger partial charge >= 0.3 is 12.1 Å². The Bertz CT molecular complexity index is 1010. The van der Waals surface area contributed by atoms with E-state index in [0.717, 1.165) is 35.1 Å². The second kappa shape index (κ2) is 9.25. The van der Waals surface area contributed by atoms with E-state index in [1.165, 1.54) is 4.90 Å². The number of carbonyl (C=O) groups excluding carboxylic acids is 2. The van der Waals surface area contributed by atoms with E-state index >= 15 is 0 Å². The van der Waals surface area contributed by atoms with Crippen molar-refractivity contribution in [3.05, 3.63) is 59.7 Å². The smallest absolute Gasteiger partial charge is 0.407 e. The third-order valence-corrected chi connectivity index (χ3v) is 6.69. The first-order valence-electron chi connectivity index (χ1n) is 11.5. The number of alkyl carbamates (subject to hydrolysis) is 1. The van der Waals surface area contributed by atoms with E-state index in [1.54, 1.807) is 6.92 Å². The fourth-order valence-electron chi connectivity index (χ4n) is 4.76. The maximum Gasteiger partial charge on any atom is 0.407 e. The fourth-order valence-corrected chi connectivity index (χ4v) is 4.76. The minimum absolute atomic E-state index is 0.0559. The first-order chi connectivity index (χ1) is 15.8. The number of nitrogens with zero attached hydrogens (tertiary/aromatic N) is 1. The summed E-state index contributed by atoms with van der Waals surface area (Å²) in [6.45, 7) is 4.11. The van der Waals surface area contributed by atoms with Crippen molar-refractivity contribution in [3.63, 3.8) is 0 Å². The van der Waals surface area contributed by atoms with Crippen LogP contribution < -0.4 is 5.32 Å². The van der Waals surface area contributed by atoms with Gasteiger partial charge in [0.1, 0.15) is 12.6 Å². The minimum Gasteiger partial charge on any atom is -0.481 e. The maximum atomic E-state index is 12.9. The van der Waals surface area contributed by atoms with Crippen LogP contribution in [0.25, 0.3) is 11.1 Å². The van der Waals surface area contributed by atoms with Gasteiger partial charge in [-0.3, -0.25) is 9.59 Å². The second-order valence-electron chi connectivity index (χ2n) is 9.22. The maximum absolute atomic E-state index is 12.9. The average Bonchev–Trinajstić information content (AvgIpc) is 3.11. The highest BCUT2D eigenvalue weighted by atomic mass is 16.5. The zero-order valence-corrected chi connectivity index (χ0v) is 19.0. The van der Waals surface area contributed by atoms with Crippen LogP contribution in [0.2, 0.25) is 0 Å². The van der Waals surface area contributed by atoms with Crippen molar-refractivity contribution in [1.82, 2.24) is 10.2 Å². The topological polar surface area (TPSA) is 95.9 Å². The number of benzene rings is 2. The third kappa shape index (κ3) is 4.45. The monoisotopic (exact) mass is 450 g/mol. The first kappa shape index (κ1) is 22.8. The predicted molar refractivity (Wildman–Crippen MR) is 124 cm³/mol. The predicted octanol–water partition coefficient (Wildman–Crippen LogP) is 4.02. The van der Waals surface area contributed by atoms with E-state index < -0.39 is 23.5 Å². The summed E-state index contributed by atoms with van der Waals surface area (Å²) in [6.07, 6.45) is 1.50. The van der Waals surface area contributed by atoms with E-state index in [4.69, 9.17) is 4.74 Å². The van der Waals surface area contributed by atoms with Crippen molar-refractivity contribution < 1.29 is 24.2 Å². The van der Waals surface area contributed by atoms with Gasteiger partial charge in [-0.25, -0.2) is 4.79 Å². The quantitative estimate of drug-likeness (QED) is 0.633. The summed E-state index contributed by atoms with van der Waals surface area (Å²) in [6, 6.07) is 15.5. The number of hydrogen-bond donors (Lipinski definition) is 2. The third-order valence-electron chi connectivity index (χ3n) is 6.69. The molecule has 174 valence electrons. The van der Waals surface area contributed by atoms with Gasteiger partial charge in [-0.05, 0) is 35.6 Å². The van der Waals surface area contributed by atoms with Gasteiger partial charge in [0.15, 0.2) is 0 Å². The molecule has 1 aliphatic heterocycles. The highest BCUT2D eigenvalue weighted by Crippen LogP contribution is 2.44. The normalized spacial score (nSPS) is 16.8. The molecule has 4 rings (SSSR count). The van der Waals surface area contributed by atoms with Crippen molar-refractivity contribution in [2.75, 3.05) is 19.7 Å². The number of rotatable bonds is 8. The number of aliphatic carboxylic acids is 1. The number of fused-ring (bicyclic) bond motifs is 3. The Morgan fingerprint density at radius 2 is 1.67 bits per heavy atom. The SMILES string of the molecule is CCCC[C@H](NC(=O)OCC1c2ccccc2-c2ccccc21)C(=O)N1CC(C)(C(=O)O)C1. The van der Waals surface area contributed by atoms with Crippen molar-refractivity contribution in [1.29, 1.82) is 0 Å². The van der Waals surface area contributed by atoms with Crippen LogP contribution in [-0.2, 0) is 14.3 Å². The molecule has 7 heteroatoms. The van der Waals surface area contributed by atoms with Gasteiger partial charge in [0.25, 0.3) is 0 Å². The zero-order chi connectivity index (χ0) is 23.6. The lowest BCUT2D eigenvalue weighted by Gasteiger charge is -2.46. The molecule has 0 aromatic heterocycles. The molecular weight excluding hydrogens is 420 g/mol. The summed E-state index contributed by atoms with van der Waals surface area (Å²) in [5, 5.41) is 12.0. The average molecular weight is 451 g/mol. The Hall–Kier alpha value is -3.35. The molecule has 1 aliphatic carbocycles. The number of hydrogen-bond acceptors (Lipinski definition) is 4. The van der Waals surface area contributed by atoms with Crippen LogP contribution in [0.5, 0.6) is 0 Å². The Morgan fingerprint density at radius 3 is 2.21 bits per heavy atom. The van der Waals surface area contributed by atoms with Crippen molar-refractivity contribution in [2.45, 2.75) is 45.1 Å². The van der Waals surface area contributed by atoms with Crippen LogP contribution >= 0.6 is 0 Å². The van der Waals surface area contributed by atoms with E-state index in [-0.39, 0.29) is 31.5 Å². The van der Waals surface area contributed by atoms with E-state index in [0.29, 0.717) is 6.42 Å². The van der Waals surface area contributed by atoms with Gasteiger partial charge in [0.05, 0.1) is 5.41 Å². The molecule has 1 heterocycles. The van der Waals surface area contributed by atoms with Gasteiger partial charge < -0.3 is 20.1 Å². The Morgan fingerprint density at radius 1 is 1.09 bits per heavy atom. The van der Waals surface area contributed by atoms with Gasteiger partial charge in [-0.2, -0.15) is 0 Å². The van der Waals surface area contributed by atoms with Crippen LogP contribution in [-0.4, -0.2) is 53.7 Å². The van der Waals surface area contributed by atoms with Crippen molar-refractivity contribution in [2.24, 2.45) is 5.41 Å². The lowest BCUT2D eigenvalue weighted by atomic mass is 9.81. The van der Waals surface area contributed by atoms with Crippen LogP contribution in [0, 0.1) is 5.41 Å². The van der Waals surface area contributed by atoms with Gasteiger partial charge in [-0.1, -0.05) is 68.3 Å². The summed E-state index contributed by atoms with van der Waals surface area (Å²) in [5.74, 6) is -1.23. The summed E-state index contributed by atoms with van der Waals surface area (Å²) in [7, 11) is 0. The molecule has 1 saturated heterocycles. The van der Waals surface area contributed by atoms with Crippen LogP contribution in [0.1, 0.15) is 50.2 Å². The number of carboxylic acid groups (broad SMARTS) is 1. The molecule has 1 fully saturated rings. The summed E-state index contributed by atoms with van der Waals surface area (Å²) < 4.78 is 5.60. The molecule has 0 saturated carbocycles. The van der Waals surface area contributed by atoms with Crippen LogP contribution in [0.3, 0.4) is 0 Å². The molecule has 0 radical (unpaired) electrons. The molecule has 33 heavy (non-hydrogen) atoms. The van der Waals surface area contributed by atoms with Gasteiger partial charge in [0.2, 0.25) is 5.91 Å². The van der Waals surface area contributed by atoms with E-state index in [9.17, 15) is 19.5 Å². The van der Waals surface area contributed by atoms with Crippen LogP contribution in [0.15, 0.2) is 48.5 Å². The van der Waals surface area contributed by atoms with E-state index in [1.807, 2.05) is 31.2 Å². The largest absolute Gasteiger partial charge is 0.481 e. The molecule has 2 N–H and O–H groups in total. The van der Waals surface area contributed by atoms with Crippen LogP contribution in [0.4, 0.5) is 4.79 Å². The van der Waals surface area contributed by atoms with Crippen molar-refractivity contribution in [3.8, 4) is 11.1 Å². The molecule has 2 amide bonds. The zero-order valence-electron chi connectivity index (χ0n) is 19.0. The van der Waals surface area contributed by atoms with Crippen molar-refractivity contribution >= 4 is 18.0 Å². The number of likely N-dealkylation sites (tertiary alicyclic amines) is 1. The van der Waals surface area contributed by atoms with E-state index in [2.05, 4.69) is 29.6 Å². The lowest BCUT2D eigenvalue weighted by Crippen LogP contribution is -2.64. The summed E-state index contributed by atoms with van der Waals surface area (Å²) in [5.41, 5.74) is 3.63. The molecule has 1 atom stereocenters. The second-order valence-corrected chi connectivity index (χ2v) is 9.22. The first-order valence-corrected chi connectivity index (χ1v) is 11.5. The number of carboxylic acids is 1. The molecule has 0 unspecified atom stereocenters. The molecular formula is C26H30N2O5. The molecule has 0 bridgehead atoms. The highest BCUT2D eigenvalue weighted by Gasteiger charge is 2.48. The fraction of sp³-hybridized carbons (Fsp3) is 0.423. The highest BCUT2D eigenvalue weighted by molar-refractivity contribution is 5.88. The molecule has 0 spiro atoms. The molecule has 2 aromatic carbocycles. The number of carbonyl (C=O) groups is 3. The minimum atomic E-state index is -0.922. The number of amides is 2. The Labute approximate surface area is 193 Å². The summed E-state index contributed by atoms with van der Waals surface area (Å²) >= 11 is 0. The van der Waals surface area contributed by atoms with Gasteiger partial charge in [-0.15, -0.1) is 0 Å². The molecule has 2 aliphatic rings. The summed E-state index contributed by atoms with van der Waals surface area (Å²) in [4.78, 5) is 38.4. The number of unbranched alkanes of at least 4 members (excludes halogenated alkanes) is 1. The number of nitrogens with one attached hydrogen (secondary N) is 1. The molecule has 2 aromatic rings. The Kier molecular flexibility index (Phi) is 6.40. The Balaban J connectivity index is 1.39. The lowest BCUT2D eigenvalue weighted by molar-refractivity contribution is -0.164. The number of ether oxygens (including phenoxy) is 1. The molecule has 7 nitrogen and oxygen atoms in total.